The van der Waals surface area contributed by atoms with Crippen molar-refractivity contribution in [3.8, 4) is 0 Å². The van der Waals surface area contributed by atoms with Crippen LogP contribution in [-0.4, -0.2) is 25.7 Å². The summed E-state index contributed by atoms with van der Waals surface area (Å²) in [7, 11) is 2.06. The molecule has 1 aromatic rings. The second kappa shape index (κ2) is 6.55. The van der Waals surface area contributed by atoms with Crippen LogP contribution in [0.4, 0.5) is 5.69 Å². The van der Waals surface area contributed by atoms with Crippen LogP contribution < -0.4 is 10.6 Å². The maximum Gasteiger partial charge on any atom is 0.126 e. The third-order valence-electron chi connectivity index (χ3n) is 2.75. The van der Waals surface area contributed by atoms with Crippen molar-refractivity contribution in [1.29, 1.82) is 5.41 Å². The van der Waals surface area contributed by atoms with E-state index in [1.54, 1.807) is 11.8 Å². The summed E-state index contributed by atoms with van der Waals surface area (Å²) in [6.45, 7) is 3.17. The topological polar surface area (TPSA) is 53.1 Å². The molecule has 0 aliphatic rings. The summed E-state index contributed by atoms with van der Waals surface area (Å²) in [5.41, 5.74) is 7.61. The highest BCUT2D eigenvalue weighted by molar-refractivity contribution is 7.98. The molecular formula is C13H21N3S. The lowest BCUT2D eigenvalue weighted by Gasteiger charge is -2.23. The Morgan fingerprint density at radius 1 is 1.47 bits per heavy atom. The molecule has 1 rings (SSSR count). The molecule has 0 aliphatic carbocycles. The van der Waals surface area contributed by atoms with Crippen LogP contribution in [0.2, 0.25) is 0 Å². The van der Waals surface area contributed by atoms with Gasteiger partial charge in [0.1, 0.15) is 5.84 Å². The number of unbranched alkanes of at least 4 members (excludes halogenated alkanes) is 1. The molecule has 0 saturated heterocycles. The summed E-state index contributed by atoms with van der Waals surface area (Å²) in [6, 6.07) is 6.07. The molecule has 0 atom stereocenters. The predicted octanol–water partition coefficient (Wildman–Crippen LogP) is 2.93. The number of thioether (sulfide) groups is 1. The van der Waals surface area contributed by atoms with E-state index < -0.39 is 0 Å². The van der Waals surface area contributed by atoms with E-state index in [2.05, 4.69) is 18.9 Å². The Morgan fingerprint density at radius 2 is 2.18 bits per heavy atom. The van der Waals surface area contributed by atoms with Crippen LogP contribution in [0.3, 0.4) is 0 Å². The molecule has 0 bridgehead atoms. The number of anilines is 1. The van der Waals surface area contributed by atoms with Crippen LogP contribution in [-0.2, 0) is 0 Å². The molecule has 0 aromatic heterocycles. The van der Waals surface area contributed by atoms with E-state index in [1.165, 1.54) is 6.42 Å². The number of hydrogen-bond donors (Lipinski definition) is 2. The maximum absolute atomic E-state index is 7.73. The van der Waals surface area contributed by atoms with Crippen molar-refractivity contribution in [2.45, 2.75) is 24.7 Å². The normalized spacial score (nSPS) is 10.3. The van der Waals surface area contributed by atoms with Gasteiger partial charge in [-0.15, -0.1) is 11.8 Å². The summed E-state index contributed by atoms with van der Waals surface area (Å²) >= 11 is 1.63. The van der Waals surface area contributed by atoms with Gasteiger partial charge in [0, 0.05) is 24.2 Å². The Hall–Kier alpha value is -1.16. The molecule has 0 fully saturated rings. The standard InChI is InChI=1S/C13H21N3S/c1-4-5-9-16(2)10-7-6-8-11(17-3)12(10)13(14)15/h6-8H,4-5,9H2,1-3H3,(H3,14,15). The molecule has 0 amide bonds. The van der Waals surface area contributed by atoms with Gasteiger partial charge in [0.05, 0.1) is 5.56 Å². The van der Waals surface area contributed by atoms with Crippen LogP contribution in [0.1, 0.15) is 25.3 Å². The van der Waals surface area contributed by atoms with Gasteiger partial charge in [-0.1, -0.05) is 19.4 Å². The van der Waals surface area contributed by atoms with Gasteiger partial charge in [-0.05, 0) is 24.8 Å². The van der Waals surface area contributed by atoms with Crippen LogP contribution in [0.25, 0.3) is 0 Å². The monoisotopic (exact) mass is 251 g/mol. The average molecular weight is 251 g/mol. The maximum atomic E-state index is 7.73. The van der Waals surface area contributed by atoms with Crippen molar-refractivity contribution < 1.29 is 0 Å². The predicted molar refractivity (Wildman–Crippen MR) is 77.4 cm³/mol. The third-order valence-corrected chi connectivity index (χ3v) is 3.53. The van der Waals surface area contributed by atoms with Crippen molar-refractivity contribution in [3.63, 3.8) is 0 Å². The number of nitrogens with zero attached hydrogens (tertiary/aromatic N) is 1. The molecule has 3 nitrogen and oxygen atoms in total. The lowest BCUT2D eigenvalue weighted by molar-refractivity contribution is 0.765. The molecule has 3 N–H and O–H groups in total. The van der Waals surface area contributed by atoms with Crippen LogP contribution in [0.5, 0.6) is 0 Å². The van der Waals surface area contributed by atoms with Crippen LogP contribution in [0, 0.1) is 5.41 Å². The van der Waals surface area contributed by atoms with Gasteiger partial charge in [-0.25, -0.2) is 0 Å². The lowest BCUT2D eigenvalue weighted by Crippen LogP contribution is -2.23. The highest BCUT2D eigenvalue weighted by Crippen LogP contribution is 2.28. The molecule has 0 radical (unpaired) electrons. The van der Waals surface area contributed by atoms with E-state index in [0.717, 1.165) is 29.1 Å². The zero-order valence-corrected chi connectivity index (χ0v) is 11.6. The first kappa shape index (κ1) is 13.9. The zero-order chi connectivity index (χ0) is 12.8. The van der Waals surface area contributed by atoms with E-state index in [1.807, 2.05) is 24.5 Å². The first-order valence-electron chi connectivity index (χ1n) is 5.84. The lowest BCUT2D eigenvalue weighted by atomic mass is 10.1. The Kier molecular flexibility index (Phi) is 5.35. The minimum atomic E-state index is 0.147. The van der Waals surface area contributed by atoms with Crippen molar-refractivity contribution in [2.24, 2.45) is 5.73 Å². The number of amidine groups is 1. The highest BCUT2D eigenvalue weighted by atomic mass is 32.2. The van der Waals surface area contributed by atoms with E-state index >= 15 is 0 Å². The molecule has 4 heteroatoms. The molecule has 1 aromatic carbocycles. The fourth-order valence-electron chi connectivity index (χ4n) is 1.79. The van der Waals surface area contributed by atoms with Gasteiger partial charge in [-0.2, -0.15) is 0 Å². The highest BCUT2D eigenvalue weighted by Gasteiger charge is 2.13. The third kappa shape index (κ3) is 3.40. The molecule has 94 valence electrons. The van der Waals surface area contributed by atoms with E-state index in [9.17, 15) is 0 Å². The summed E-state index contributed by atoms with van der Waals surface area (Å²) in [5.74, 6) is 0.147. The van der Waals surface area contributed by atoms with Crippen molar-refractivity contribution in [2.75, 3.05) is 24.7 Å². The Labute approximate surface area is 108 Å². The smallest absolute Gasteiger partial charge is 0.126 e. The van der Waals surface area contributed by atoms with Crippen molar-refractivity contribution in [1.82, 2.24) is 0 Å². The Bertz CT molecular complexity index is 390. The van der Waals surface area contributed by atoms with E-state index in [4.69, 9.17) is 11.1 Å². The molecule has 0 saturated carbocycles. The van der Waals surface area contributed by atoms with Crippen LogP contribution >= 0.6 is 11.8 Å². The fourth-order valence-corrected chi connectivity index (χ4v) is 2.43. The molecule has 0 spiro atoms. The number of benzene rings is 1. The SMILES string of the molecule is CCCCN(C)c1cccc(SC)c1C(=N)N. The average Bonchev–Trinajstić information content (AvgIpc) is 2.34. The first-order chi connectivity index (χ1) is 8.11. The molecular weight excluding hydrogens is 230 g/mol. The van der Waals surface area contributed by atoms with Gasteiger partial charge >= 0.3 is 0 Å². The molecule has 0 aliphatic heterocycles. The van der Waals surface area contributed by atoms with Gasteiger partial charge in [0.25, 0.3) is 0 Å². The van der Waals surface area contributed by atoms with Gasteiger partial charge < -0.3 is 10.6 Å². The van der Waals surface area contributed by atoms with Gasteiger partial charge in [-0.3, -0.25) is 5.41 Å². The van der Waals surface area contributed by atoms with E-state index in [-0.39, 0.29) is 5.84 Å². The molecule has 17 heavy (non-hydrogen) atoms. The minimum Gasteiger partial charge on any atom is -0.384 e. The zero-order valence-electron chi connectivity index (χ0n) is 10.8. The van der Waals surface area contributed by atoms with Crippen molar-refractivity contribution in [3.05, 3.63) is 23.8 Å². The Balaban J connectivity index is 3.09. The largest absolute Gasteiger partial charge is 0.384 e. The number of nitrogen functional groups attached to an aromatic ring is 1. The summed E-state index contributed by atoms with van der Waals surface area (Å²) < 4.78 is 0. The van der Waals surface area contributed by atoms with Gasteiger partial charge in [0.2, 0.25) is 0 Å². The minimum absolute atomic E-state index is 0.147. The summed E-state index contributed by atoms with van der Waals surface area (Å²) in [6.07, 6.45) is 4.33. The number of nitrogens with two attached hydrogens (primary N) is 1. The van der Waals surface area contributed by atoms with Crippen LogP contribution in [0.15, 0.2) is 23.1 Å². The van der Waals surface area contributed by atoms with Gasteiger partial charge in [0.15, 0.2) is 0 Å². The summed E-state index contributed by atoms with van der Waals surface area (Å²) in [4.78, 5) is 3.25. The summed E-state index contributed by atoms with van der Waals surface area (Å²) in [5, 5.41) is 7.73. The number of nitrogens with one attached hydrogen (secondary N) is 1. The Morgan fingerprint density at radius 3 is 2.71 bits per heavy atom. The van der Waals surface area contributed by atoms with Crippen molar-refractivity contribution >= 4 is 23.3 Å². The van der Waals surface area contributed by atoms with E-state index in [0.29, 0.717) is 0 Å². The fraction of sp³-hybridized carbons (Fsp3) is 0.462. The second-order valence-electron chi connectivity index (χ2n) is 4.04. The number of rotatable bonds is 6. The quantitative estimate of drug-likeness (QED) is 0.464. The number of hydrogen-bond acceptors (Lipinski definition) is 3. The first-order valence-corrected chi connectivity index (χ1v) is 7.06. The molecule has 0 heterocycles. The second-order valence-corrected chi connectivity index (χ2v) is 4.89. The molecule has 0 unspecified atom stereocenters.